The van der Waals surface area contributed by atoms with Crippen molar-refractivity contribution in [3.8, 4) is 5.75 Å². The van der Waals surface area contributed by atoms with Gasteiger partial charge in [-0.3, -0.25) is 9.59 Å². The van der Waals surface area contributed by atoms with Gasteiger partial charge in [-0.25, -0.2) is 0 Å². The normalized spacial score (nSPS) is 21.0. The Labute approximate surface area is 195 Å². The molecule has 3 heterocycles. The summed E-state index contributed by atoms with van der Waals surface area (Å²) in [5, 5.41) is 3.06. The zero-order valence-electron chi connectivity index (χ0n) is 19.6. The van der Waals surface area contributed by atoms with Crippen LogP contribution in [0.3, 0.4) is 0 Å². The third kappa shape index (κ3) is 4.12. The van der Waals surface area contributed by atoms with Crippen molar-refractivity contribution in [3.05, 3.63) is 59.7 Å². The second-order valence-corrected chi connectivity index (χ2v) is 10.2. The van der Waals surface area contributed by atoms with Crippen LogP contribution in [0.1, 0.15) is 55.5 Å². The van der Waals surface area contributed by atoms with E-state index in [-0.39, 0.29) is 17.3 Å². The van der Waals surface area contributed by atoms with Gasteiger partial charge in [0, 0.05) is 31.6 Å². The van der Waals surface area contributed by atoms with Crippen molar-refractivity contribution < 1.29 is 14.3 Å². The van der Waals surface area contributed by atoms with Crippen LogP contribution in [0.2, 0.25) is 0 Å². The molecule has 6 heteroatoms. The molecular weight excluding hydrogens is 414 g/mol. The van der Waals surface area contributed by atoms with E-state index in [1.165, 1.54) is 0 Å². The smallest absolute Gasteiger partial charge is 0.247 e. The Kier molecular flexibility index (Phi) is 5.65. The Hall–Kier alpha value is -2.86. The number of piperidine rings is 1. The first kappa shape index (κ1) is 22.0. The summed E-state index contributed by atoms with van der Waals surface area (Å²) in [5.41, 5.74) is 2.24. The van der Waals surface area contributed by atoms with E-state index in [4.69, 9.17) is 4.74 Å². The van der Waals surface area contributed by atoms with E-state index in [1.54, 1.807) is 0 Å². The number of amides is 1. The van der Waals surface area contributed by atoms with Gasteiger partial charge in [-0.15, -0.1) is 0 Å². The molecule has 174 valence electrons. The highest BCUT2D eigenvalue weighted by molar-refractivity contribution is 5.99. The molecule has 1 N–H and O–H groups in total. The van der Waals surface area contributed by atoms with Crippen molar-refractivity contribution in [2.45, 2.75) is 57.1 Å². The largest absolute Gasteiger partial charge is 0.486 e. The minimum Gasteiger partial charge on any atom is -0.486 e. The van der Waals surface area contributed by atoms with Crippen molar-refractivity contribution in [2.75, 3.05) is 31.2 Å². The molecule has 2 saturated heterocycles. The number of para-hydroxylation sites is 2. The van der Waals surface area contributed by atoms with Gasteiger partial charge in [0.15, 0.2) is 5.78 Å². The van der Waals surface area contributed by atoms with E-state index in [0.29, 0.717) is 13.1 Å². The first-order valence-electron chi connectivity index (χ1n) is 12.1. The predicted molar refractivity (Wildman–Crippen MR) is 129 cm³/mol. The van der Waals surface area contributed by atoms with Crippen molar-refractivity contribution in [1.29, 1.82) is 0 Å². The Morgan fingerprint density at radius 1 is 1.06 bits per heavy atom. The Bertz CT molecular complexity index is 1040. The highest BCUT2D eigenvalue weighted by Gasteiger charge is 2.50. The molecule has 0 aliphatic carbocycles. The Morgan fingerprint density at radius 3 is 2.58 bits per heavy atom. The first-order valence-corrected chi connectivity index (χ1v) is 12.1. The van der Waals surface area contributed by atoms with Gasteiger partial charge in [0.2, 0.25) is 5.91 Å². The zero-order chi connectivity index (χ0) is 23.1. The maximum atomic E-state index is 12.9. The molecule has 6 nitrogen and oxygen atoms in total. The van der Waals surface area contributed by atoms with Gasteiger partial charge in [-0.05, 0) is 63.4 Å². The molecule has 5 rings (SSSR count). The summed E-state index contributed by atoms with van der Waals surface area (Å²) in [7, 11) is 0. The number of fused-ring (bicyclic) bond motifs is 1. The van der Waals surface area contributed by atoms with Gasteiger partial charge in [-0.2, -0.15) is 0 Å². The average Bonchev–Trinajstić information content (AvgIpc) is 3.30. The van der Waals surface area contributed by atoms with Crippen LogP contribution in [0.25, 0.3) is 0 Å². The summed E-state index contributed by atoms with van der Waals surface area (Å²) in [6.07, 6.45) is 3.77. The SMILES string of the molecule is CC1(C)Cc2cccc(C(=O)CCCN3CCC4(CC3)C(=O)NCN4c3ccccc3)c2O1. The van der Waals surface area contributed by atoms with Gasteiger partial charge < -0.3 is 19.9 Å². The van der Waals surface area contributed by atoms with Crippen LogP contribution in [0.15, 0.2) is 48.5 Å². The summed E-state index contributed by atoms with van der Waals surface area (Å²) in [6.45, 7) is 7.29. The maximum absolute atomic E-state index is 12.9. The number of ketones is 1. The summed E-state index contributed by atoms with van der Waals surface area (Å²) in [5.74, 6) is 1.08. The number of carbonyl (C=O) groups excluding carboxylic acids is 2. The molecule has 0 aromatic heterocycles. The van der Waals surface area contributed by atoms with E-state index in [0.717, 1.165) is 67.9 Å². The van der Waals surface area contributed by atoms with Gasteiger partial charge in [0.05, 0.1) is 12.2 Å². The zero-order valence-corrected chi connectivity index (χ0v) is 19.6. The van der Waals surface area contributed by atoms with Crippen LogP contribution in [0.5, 0.6) is 5.75 Å². The van der Waals surface area contributed by atoms with Gasteiger partial charge in [0.25, 0.3) is 0 Å². The predicted octanol–water partition coefficient (Wildman–Crippen LogP) is 3.79. The van der Waals surface area contributed by atoms with Gasteiger partial charge in [0.1, 0.15) is 16.9 Å². The van der Waals surface area contributed by atoms with Crippen LogP contribution in [0, 0.1) is 0 Å². The maximum Gasteiger partial charge on any atom is 0.247 e. The number of likely N-dealkylation sites (tertiary alicyclic amines) is 1. The molecule has 0 radical (unpaired) electrons. The summed E-state index contributed by atoms with van der Waals surface area (Å²) in [6, 6.07) is 16.1. The fourth-order valence-electron chi connectivity index (χ4n) is 5.61. The van der Waals surface area contributed by atoms with Crippen LogP contribution >= 0.6 is 0 Å². The lowest BCUT2D eigenvalue weighted by atomic mass is 9.85. The van der Waals surface area contributed by atoms with Crippen molar-refractivity contribution in [3.63, 3.8) is 0 Å². The second kappa shape index (κ2) is 8.49. The summed E-state index contributed by atoms with van der Waals surface area (Å²) < 4.78 is 6.08. The standard InChI is InChI=1S/C27H33N3O3/c1-26(2)18-20-8-6-11-22(24(20)33-26)23(31)12-7-15-29-16-13-27(14-17-29)25(32)28-19-30(27)21-9-4-3-5-10-21/h3-6,8-11H,7,12-19H2,1-2H3,(H,28,32). The molecule has 33 heavy (non-hydrogen) atoms. The van der Waals surface area contributed by atoms with E-state index >= 15 is 0 Å². The fraction of sp³-hybridized carbons (Fsp3) is 0.481. The highest BCUT2D eigenvalue weighted by Crippen LogP contribution is 2.38. The van der Waals surface area contributed by atoms with Gasteiger partial charge in [-0.1, -0.05) is 30.3 Å². The molecule has 3 aliphatic heterocycles. The molecular formula is C27H33N3O3. The molecule has 0 bridgehead atoms. The van der Waals surface area contributed by atoms with Crippen LogP contribution in [-0.4, -0.2) is 54.0 Å². The number of nitrogens with zero attached hydrogens (tertiary/aromatic N) is 2. The topological polar surface area (TPSA) is 61.9 Å². The fourth-order valence-corrected chi connectivity index (χ4v) is 5.61. The number of ether oxygens (including phenoxy) is 1. The Morgan fingerprint density at radius 2 is 1.82 bits per heavy atom. The third-order valence-corrected chi connectivity index (χ3v) is 7.36. The molecule has 0 unspecified atom stereocenters. The minimum atomic E-state index is -0.456. The number of benzene rings is 2. The minimum absolute atomic E-state index is 0.141. The van der Waals surface area contributed by atoms with E-state index in [2.05, 4.69) is 47.2 Å². The molecule has 1 spiro atoms. The van der Waals surface area contributed by atoms with E-state index < -0.39 is 5.54 Å². The molecule has 2 fully saturated rings. The molecule has 0 saturated carbocycles. The number of hydrogen-bond donors (Lipinski definition) is 1. The molecule has 1 amide bonds. The van der Waals surface area contributed by atoms with Crippen molar-refractivity contribution in [2.24, 2.45) is 0 Å². The molecule has 3 aliphatic rings. The van der Waals surface area contributed by atoms with Crippen LogP contribution in [0.4, 0.5) is 5.69 Å². The molecule has 2 aromatic carbocycles. The quantitative estimate of drug-likeness (QED) is 0.683. The summed E-state index contributed by atoms with van der Waals surface area (Å²) >= 11 is 0. The second-order valence-electron chi connectivity index (χ2n) is 10.2. The molecule has 0 atom stereocenters. The monoisotopic (exact) mass is 447 g/mol. The first-order chi connectivity index (χ1) is 15.9. The number of carbonyl (C=O) groups is 2. The van der Waals surface area contributed by atoms with Crippen molar-refractivity contribution in [1.82, 2.24) is 10.2 Å². The molecule has 2 aromatic rings. The summed E-state index contributed by atoms with van der Waals surface area (Å²) in [4.78, 5) is 30.4. The lowest BCUT2D eigenvalue weighted by molar-refractivity contribution is -0.125. The number of anilines is 1. The highest BCUT2D eigenvalue weighted by atomic mass is 16.5. The van der Waals surface area contributed by atoms with Crippen molar-refractivity contribution >= 4 is 17.4 Å². The third-order valence-electron chi connectivity index (χ3n) is 7.36. The number of hydrogen-bond acceptors (Lipinski definition) is 5. The van der Waals surface area contributed by atoms with Gasteiger partial charge >= 0.3 is 0 Å². The van der Waals surface area contributed by atoms with E-state index in [9.17, 15) is 9.59 Å². The lowest BCUT2D eigenvalue weighted by Crippen LogP contribution is -2.56. The van der Waals surface area contributed by atoms with Crippen LogP contribution in [-0.2, 0) is 11.2 Å². The van der Waals surface area contributed by atoms with E-state index in [1.807, 2.05) is 30.3 Å². The number of nitrogens with one attached hydrogen (secondary N) is 1. The average molecular weight is 448 g/mol. The van der Waals surface area contributed by atoms with Crippen LogP contribution < -0.4 is 15.0 Å². The number of rotatable bonds is 6. The lowest BCUT2D eigenvalue weighted by Gasteiger charge is -2.43. The Balaban J connectivity index is 1.16. The number of Topliss-reactive ketones (excluding diaryl/α,β-unsaturated/α-hetero) is 1.